The molecular weight excluding hydrogens is 430 g/mol. The second-order valence-electron chi connectivity index (χ2n) is 8.64. The molecule has 2 atom stereocenters. The number of benzene rings is 1. The van der Waals surface area contributed by atoms with Crippen molar-refractivity contribution in [3.63, 3.8) is 0 Å². The molecule has 5 nitrogen and oxygen atoms in total. The molecule has 0 unspecified atom stereocenters. The van der Waals surface area contributed by atoms with E-state index < -0.39 is 0 Å². The number of unbranched alkanes of at least 4 members (excludes halogenated alkanes) is 1. The minimum atomic E-state index is -0.197. The summed E-state index contributed by atoms with van der Waals surface area (Å²) in [6.07, 6.45) is 4.83. The number of fused-ring (bicyclic) bond motifs is 1. The first-order chi connectivity index (χ1) is 15.0. The van der Waals surface area contributed by atoms with Crippen molar-refractivity contribution in [1.82, 2.24) is 10.2 Å². The largest absolute Gasteiger partial charge is 0.346 e. The van der Waals surface area contributed by atoms with Crippen LogP contribution in [0.4, 0.5) is 5.69 Å². The molecule has 1 saturated heterocycles. The number of thiophene rings is 1. The van der Waals surface area contributed by atoms with Gasteiger partial charge in [-0.3, -0.25) is 9.59 Å². The van der Waals surface area contributed by atoms with Crippen molar-refractivity contribution in [1.29, 1.82) is 0 Å². The van der Waals surface area contributed by atoms with Crippen LogP contribution in [0.1, 0.15) is 47.0 Å². The summed E-state index contributed by atoms with van der Waals surface area (Å²) in [6, 6.07) is 9.71. The molecule has 1 aromatic heterocycles. The van der Waals surface area contributed by atoms with E-state index in [0.29, 0.717) is 15.8 Å². The van der Waals surface area contributed by atoms with E-state index in [4.69, 9.17) is 11.6 Å². The van der Waals surface area contributed by atoms with Crippen LogP contribution in [0, 0.1) is 5.92 Å². The van der Waals surface area contributed by atoms with Crippen molar-refractivity contribution in [2.75, 3.05) is 31.6 Å². The third-order valence-electron chi connectivity index (χ3n) is 6.46. The Morgan fingerprint density at radius 3 is 2.68 bits per heavy atom. The van der Waals surface area contributed by atoms with Crippen molar-refractivity contribution in [3.05, 3.63) is 50.7 Å². The van der Waals surface area contributed by atoms with Crippen LogP contribution >= 0.6 is 22.9 Å². The molecule has 2 aromatic rings. The number of hydrogen-bond acceptors (Lipinski definition) is 4. The number of nitrogens with one attached hydrogen (secondary N) is 1. The van der Waals surface area contributed by atoms with Gasteiger partial charge in [-0.2, -0.15) is 0 Å². The summed E-state index contributed by atoms with van der Waals surface area (Å²) in [5.41, 5.74) is 3.66. The van der Waals surface area contributed by atoms with Gasteiger partial charge in [0.2, 0.25) is 5.91 Å². The number of amides is 2. The maximum Gasteiger partial charge on any atom is 0.261 e. The van der Waals surface area contributed by atoms with Crippen LogP contribution in [0.25, 0.3) is 0 Å². The number of carbonyl (C=O) groups is 2. The molecule has 1 N–H and O–H groups in total. The van der Waals surface area contributed by atoms with E-state index in [-0.39, 0.29) is 23.8 Å². The normalized spacial score (nSPS) is 21.8. The van der Waals surface area contributed by atoms with Gasteiger partial charge in [0.25, 0.3) is 5.91 Å². The van der Waals surface area contributed by atoms with Gasteiger partial charge in [0.1, 0.15) is 0 Å². The minimum absolute atomic E-state index is 0.119. The summed E-state index contributed by atoms with van der Waals surface area (Å²) in [5, 5.41) is 3.12. The number of anilines is 1. The Balaban J connectivity index is 1.54. The SMILES string of the molecule is CCCC[C@H]1C(=O)N(c2ccc3c(c2)CCN(C)CC3)C[C@@H]1NC(=O)c1ccc(Cl)s1. The molecule has 1 aromatic carbocycles. The topological polar surface area (TPSA) is 52.7 Å². The molecule has 0 saturated carbocycles. The van der Waals surface area contributed by atoms with Crippen LogP contribution in [-0.4, -0.2) is 49.4 Å². The summed E-state index contributed by atoms with van der Waals surface area (Å²) < 4.78 is 0.590. The monoisotopic (exact) mass is 459 g/mol. The predicted octanol–water partition coefficient (Wildman–Crippen LogP) is 4.38. The van der Waals surface area contributed by atoms with Gasteiger partial charge >= 0.3 is 0 Å². The molecule has 1 fully saturated rings. The first-order valence-electron chi connectivity index (χ1n) is 11.1. The van der Waals surface area contributed by atoms with E-state index >= 15 is 0 Å². The molecule has 3 heterocycles. The Bertz CT molecular complexity index is 960. The van der Waals surface area contributed by atoms with Gasteiger partial charge < -0.3 is 15.1 Å². The molecular formula is C24H30ClN3O2S. The van der Waals surface area contributed by atoms with Crippen LogP contribution in [0.3, 0.4) is 0 Å². The van der Waals surface area contributed by atoms with Gasteiger partial charge in [-0.25, -0.2) is 0 Å². The van der Waals surface area contributed by atoms with Gasteiger partial charge in [-0.1, -0.05) is 37.4 Å². The second kappa shape index (κ2) is 9.72. The molecule has 166 valence electrons. The highest BCUT2D eigenvalue weighted by molar-refractivity contribution is 7.18. The first kappa shape index (κ1) is 22.3. The maximum absolute atomic E-state index is 13.4. The molecule has 2 aliphatic rings. The molecule has 0 aliphatic carbocycles. The van der Waals surface area contributed by atoms with Crippen molar-refractivity contribution >= 4 is 40.4 Å². The Hall–Kier alpha value is -1.89. The Labute approximate surface area is 193 Å². The fourth-order valence-corrected chi connectivity index (χ4v) is 5.53. The van der Waals surface area contributed by atoms with E-state index in [1.54, 1.807) is 12.1 Å². The Morgan fingerprint density at radius 2 is 1.97 bits per heavy atom. The zero-order chi connectivity index (χ0) is 22.0. The van der Waals surface area contributed by atoms with Crippen LogP contribution in [0.15, 0.2) is 30.3 Å². The smallest absolute Gasteiger partial charge is 0.261 e. The molecule has 7 heteroatoms. The lowest BCUT2D eigenvalue weighted by atomic mass is 9.96. The molecule has 2 aliphatic heterocycles. The molecule has 4 rings (SSSR count). The van der Waals surface area contributed by atoms with Crippen LogP contribution in [-0.2, 0) is 17.6 Å². The van der Waals surface area contributed by atoms with E-state index in [0.717, 1.165) is 50.9 Å². The average Bonchev–Trinajstić information content (AvgIpc) is 3.26. The Morgan fingerprint density at radius 1 is 1.19 bits per heavy atom. The highest BCUT2D eigenvalue weighted by Gasteiger charge is 2.41. The van der Waals surface area contributed by atoms with Crippen LogP contribution < -0.4 is 10.2 Å². The lowest BCUT2D eigenvalue weighted by Gasteiger charge is -2.19. The summed E-state index contributed by atoms with van der Waals surface area (Å²) in [4.78, 5) is 30.9. The quantitative estimate of drug-likeness (QED) is 0.697. The van der Waals surface area contributed by atoms with E-state index in [9.17, 15) is 9.59 Å². The van der Waals surface area contributed by atoms with Crippen molar-refractivity contribution in [2.24, 2.45) is 5.92 Å². The zero-order valence-electron chi connectivity index (χ0n) is 18.2. The second-order valence-corrected chi connectivity index (χ2v) is 10.4. The Kier molecular flexibility index (Phi) is 6.99. The van der Waals surface area contributed by atoms with Crippen molar-refractivity contribution in [3.8, 4) is 0 Å². The number of carbonyl (C=O) groups excluding carboxylic acids is 2. The summed E-state index contributed by atoms with van der Waals surface area (Å²) in [7, 11) is 2.16. The molecule has 0 bridgehead atoms. The van der Waals surface area contributed by atoms with Gasteiger partial charge in [0.15, 0.2) is 0 Å². The molecule has 0 radical (unpaired) electrons. The third kappa shape index (κ3) is 4.97. The van der Waals surface area contributed by atoms with Gasteiger partial charge in [-0.15, -0.1) is 11.3 Å². The predicted molar refractivity (Wildman–Crippen MR) is 127 cm³/mol. The molecule has 0 spiro atoms. The maximum atomic E-state index is 13.4. The van der Waals surface area contributed by atoms with Gasteiger partial charge in [-0.05, 0) is 61.7 Å². The van der Waals surface area contributed by atoms with E-state index in [2.05, 4.69) is 42.4 Å². The first-order valence-corrected chi connectivity index (χ1v) is 12.3. The average molecular weight is 460 g/mol. The number of rotatable bonds is 6. The molecule has 31 heavy (non-hydrogen) atoms. The van der Waals surface area contributed by atoms with Gasteiger partial charge in [0.05, 0.1) is 21.2 Å². The van der Waals surface area contributed by atoms with E-state index in [1.807, 2.05) is 4.90 Å². The highest BCUT2D eigenvalue weighted by atomic mass is 35.5. The van der Waals surface area contributed by atoms with Crippen molar-refractivity contribution in [2.45, 2.75) is 45.1 Å². The highest BCUT2D eigenvalue weighted by Crippen LogP contribution is 2.31. The molecule has 2 amide bonds. The van der Waals surface area contributed by atoms with Crippen molar-refractivity contribution < 1.29 is 9.59 Å². The number of halogens is 1. The van der Waals surface area contributed by atoms with Crippen LogP contribution in [0.2, 0.25) is 4.34 Å². The zero-order valence-corrected chi connectivity index (χ0v) is 19.8. The minimum Gasteiger partial charge on any atom is -0.346 e. The van der Waals surface area contributed by atoms with Gasteiger partial charge in [0, 0.05) is 25.3 Å². The third-order valence-corrected chi connectivity index (χ3v) is 7.69. The lowest BCUT2D eigenvalue weighted by Crippen LogP contribution is -2.40. The standard InChI is InChI=1S/C24H30ClN3O2S/c1-3-4-5-19-20(26-23(29)21-8-9-22(25)31-21)15-28(24(19)30)18-7-6-16-10-12-27(2)13-11-17(16)14-18/h6-9,14,19-20H,3-5,10-13,15H2,1-2H3,(H,26,29)/t19-,20+/m1/s1. The van der Waals surface area contributed by atoms with E-state index in [1.165, 1.54) is 22.5 Å². The number of likely N-dealkylation sites (N-methyl/N-ethyl adjacent to an activating group) is 1. The number of hydrogen-bond donors (Lipinski definition) is 1. The summed E-state index contributed by atoms with van der Waals surface area (Å²) >= 11 is 7.26. The summed E-state index contributed by atoms with van der Waals surface area (Å²) in [6.45, 7) is 4.74. The summed E-state index contributed by atoms with van der Waals surface area (Å²) in [5.74, 6) is -0.221. The number of nitrogens with zero attached hydrogens (tertiary/aromatic N) is 2. The fourth-order valence-electron chi connectivity index (χ4n) is 4.58. The fraction of sp³-hybridized carbons (Fsp3) is 0.500. The van der Waals surface area contributed by atoms with Crippen LogP contribution in [0.5, 0.6) is 0 Å². The lowest BCUT2D eigenvalue weighted by molar-refractivity contribution is -0.120.